The Labute approximate surface area is 133 Å². The number of hydrogen-bond acceptors (Lipinski definition) is 2. The lowest BCUT2D eigenvalue weighted by Crippen LogP contribution is -2.42. The van der Waals surface area contributed by atoms with Crippen LogP contribution in [0.15, 0.2) is 24.3 Å². The summed E-state index contributed by atoms with van der Waals surface area (Å²) in [6, 6.07) is 8.20. The molecule has 4 heteroatoms. The van der Waals surface area contributed by atoms with Crippen molar-refractivity contribution in [3.63, 3.8) is 0 Å². The van der Waals surface area contributed by atoms with E-state index in [1.807, 2.05) is 12.1 Å². The number of anilines is 1. The molecule has 0 spiro atoms. The van der Waals surface area contributed by atoms with E-state index < -0.39 is 0 Å². The maximum atomic E-state index is 12.5. The Morgan fingerprint density at radius 1 is 1.29 bits per heavy atom. The average molecular weight is 309 g/mol. The second kappa shape index (κ2) is 6.37. The highest BCUT2D eigenvalue weighted by Gasteiger charge is 2.49. The van der Waals surface area contributed by atoms with Crippen molar-refractivity contribution >= 4 is 24.0 Å². The van der Waals surface area contributed by atoms with Gasteiger partial charge in [0.15, 0.2) is 0 Å². The van der Waals surface area contributed by atoms with Crippen molar-refractivity contribution in [2.24, 2.45) is 23.5 Å². The fourth-order valence-electron chi connectivity index (χ4n) is 3.93. The van der Waals surface area contributed by atoms with Crippen molar-refractivity contribution < 1.29 is 4.79 Å². The van der Waals surface area contributed by atoms with Crippen LogP contribution >= 0.6 is 12.4 Å². The van der Waals surface area contributed by atoms with Gasteiger partial charge in [-0.15, -0.1) is 12.4 Å². The van der Waals surface area contributed by atoms with Gasteiger partial charge in [-0.05, 0) is 54.7 Å². The van der Waals surface area contributed by atoms with Crippen molar-refractivity contribution in [1.29, 1.82) is 0 Å². The molecule has 3 rings (SSSR count). The molecule has 2 saturated carbocycles. The number of nitrogens with two attached hydrogens (primary N) is 1. The molecule has 21 heavy (non-hydrogen) atoms. The molecule has 2 bridgehead atoms. The smallest absolute Gasteiger partial charge is 0.229 e. The Balaban J connectivity index is 0.00000161. The third-order valence-corrected chi connectivity index (χ3v) is 5.10. The Morgan fingerprint density at radius 3 is 2.62 bits per heavy atom. The largest absolute Gasteiger partial charge is 0.327 e. The van der Waals surface area contributed by atoms with E-state index in [0.717, 1.165) is 12.1 Å². The molecule has 3 N–H and O–H groups in total. The number of rotatable bonds is 3. The Morgan fingerprint density at radius 2 is 2.00 bits per heavy atom. The molecule has 1 aromatic rings. The second-order valence-electron chi connectivity index (χ2n) is 6.71. The van der Waals surface area contributed by atoms with Gasteiger partial charge >= 0.3 is 0 Å². The molecule has 4 atom stereocenters. The summed E-state index contributed by atoms with van der Waals surface area (Å²) in [5.41, 5.74) is 8.39. The summed E-state index contributed by atoms with van der Waals surface area (Å²) in [6.07, 6.45) is 3.52. The molecule has 1 aromatic carbocycles. The Hall–Kier alpha value is -1.06. The standard InChI is InChI=1S/C17H24N2O.ClH/c1-10(2)11-4-3-5-14(9-11)19-17(20)15-12-6-7-13(8-12)16(15)18;/h3-5,9-10,12-13,15-16H,6-8,18H2,1-2H3,(H,19,20);1H. The van der Waals surface area contributed by atoms with E-state index in [-0.39, 0.29) is 30.3 Å². The predicted octanol–water partition coefficient (Wildman–Crippen LogP) is 3.54. The molecule has 1 amide bonds. The first-order chi connectivity index (χ1) is 9.56. The number of hydrogen-bond donors (Lipinski definition) is 2. The van der Waals surface area contributed by atoms with Crippen LogP contribution in [-0.4, -0.2) is 11.9 Å². The average Bonchev–Trinajstić information content (AvgIpc) is 2.99. The number of carbonyl (C=O) groups excluding carboxylic acids is 1. The molecule has 0 heterocycles. The number of fused-ring (bicyclic) bond motifs is 2. The SMILES string of the molecule is CC(C)c1cccc(NC(=O)C2C3CCC(C3)C2N)c1.Cl. The fourth-order valence-corrected chi connectivity index (χ4v) is 3.93. The van der Waals surface area contributed by atoms with Gasteiger partial charge < -0.3 is 11.1 Å². The molecule has 0 aliphatic heterocycles. The lowest BCUT2D eigenvalue weighted by molar-refractivity contribution is -0.121. The number of nitrogens with one attached hydrogen (secondary N) is 1. The molecule has 116 valence electrons. The number of halogens is 1. The van der Waals surface area contributed by atoms with E-state index in [1.165, 1.54) is 18.4 Å². The van der Waals surface area contributed by atoms with Gasteiger partial charge in [0.05, 0.1) is 5.92 Å². The van der Waals surface area contributed by atoms with Gasteiger partial charge in [-0.2, -0.15) is 0 Å². The number of amides is 1. The van der Waals surface area contributed by atoms with Gasteiger partial charge in [0.1, 0.15) is 0 Å². The van der Waals surface area contributed by atoms with Crippen LogP contribution in [0.5, 0.6) is 0 Å². The molecular formula is C17H25ClN2O. The zero-order chi connectivity index (χ0) is 14.3. The maximum absolute atomic E-state index is 12.5. The summed E-state index contributed by atoms with van der Waals surface area (Å²) in [6.45, 7) is 4.32. The zero-order valence-corrected chi connectivity index (χ0v) is 13.5. The highest BCUT2D eigenvalue weighted by molar-refractivity contribution is 5.93. The van der Waals surface area contributed by atoms with Crippen molar-refractivity contribution in [1.82, 2.24) is 0 Å². The molecule has 0 radical (unpaired) electrons. The molecule has 4 unspecified atom stereocenters. The first kappa shape index (κ1) is 16.3. The zero-order valence-electron chi connectivity index (χ0n) is 12.7. The lowest BCUT2D eigenvalue weighted by Gasteiger charge is -2.27. The van der Waals surface area contributed by atoms with Crippen molar-refractivity contribution in [3.05, 3.63) is 29.8 Å². The van der Waals surface area contributed by atoms with Crippen LogP contribution < -0.4 is 11.1 Å². The topological polar surface area (TPSA) is 55.1 Å². The van der Waals surface area contributed by atoms with E-state index in [1.54, 1.807) is 0 Å². The van der Waals surface area contributed by atoms with Gasteiger partial charge in [0.2, 0.25) is 5.91 Å². The number of benzene rings is 1. The van der Waals surface area contributed by atoms with Crippen LogP contribution in [0.2, 0.25) is 0 Å². The maximum Gasteiger partial charge on any atom is 0.229 e. The highest BCUT2D eigenvalue weighted by atomic mass is 35.5. The summed E-state index contributed by atoms with van der Waals surface area (Å²) in [5.74, 6) is 1.67. The van der Waals surface area contributed by atoms with Crippen molar-refractivity contribution in [3.8, 4) is 0 Å². The third kappa shape index (κ3) is 3.09. The van der Waals surface area contributed by atoms with Gasteiger partial charge in [0, 0.05) is 11.7 Å². The van der Waals surface area contributed by atoms with Crippen LogP contribution in [0.3, 0.4) is 0 Å². The van der Waals surface area contributed by atoms with Gasteiger partial charge in [0.25, 0.3) is 0 Å². The molecule has 3 nitrogen and oxygen atoms in total. The number of carbonyl (C=O) groups is 1. The summed E-state index contributed by atoms with van der Waals surface area (Å²) in [7, 11) is 0. The van der Waals surface area contributed by atoms with E-state index in [2.05, 4.69) is 31.3 Å². The van der Waals surface area contributed by atoms with Crippen LogP contribution in [0, 0.1) is 17.8 Å². The minimum atomic E-state index is 0. The first-order valence-electron chi connectivity index (χ1n) is 7.72. The van der Waals surface area contributed by atoms with Crippen LogP contribution in [0.1, 0.15) is 44.6 Å². The summed E-state index contributed by atoms with van der Waals surface area (Å²) in [4.78, 5) is 12.5. The Bertz CT molecular complexity index is 515. The van der Waals surface area contributed by atoms with Crippen molar-refractivity contribution in [2.75, 3.05) is 5.32 Å². The third-order valence-electron chi connectivity index (χ3n) is 5.10. The van der Waals surface area contributed by atoms with E-state index in [9.17, 15) is 4.79 Å². The fraction of sp³-hybridized carbons (Fsp3) is 0.588. The molecule has 2 fully saturated rings. The normalized spacial score (nSPS) is 30.3. The molecule has 2 aliphatic carbocycles. The van der Waals surface area contributed by atoms with Crippen LogP contribution in [0.4, 0.5) is 5.69 Å². The second-order valence-corrected chi connectivity index (χ2v) is 6.71. The molecule has 0 aromatic heterocycles. The monoisotopic (exact) mass is 308 g/mol. The quantitative estimate of drug-likeness (QED) is 0.897. The highest BCUT2D eigenvalue weighted by Crippen LogP contribution is 2.47. The summed E-state index contributed by atoms with van der Waals surface area (Å²) >= 11 is 0. The summed E-state index contributed by atoms with van der Waals surface area (Å²) in [5, 5.41) is 3.08. The minimum absolute atomic E-state index is 0. The Kier molecular flexibility index (Phi) is 4.95. The lowest BCUT2D eigenvalue weighted by atomic mass is 9.84. The van der Waals surface area contributed by atoms with Crippen molar-refractivity contribution in [2.45, 2.75) is 45.1 Å². The summed E-state index contributed by atoms with van der Waals surface area (Å²) < 4.78 is 0. The van der Waals surface area contributed by atoms with E-state index >= 15 is 0 Å². The van der Waals surface area contributed by atoms with Crippen LogP contribution in [0.25, 0.3) is 0 Å². The van der Waals surface area contributed by atoms with E-state index in [0.29, 0.717) is 17.8 Å². The molecule has 0 saturated heterocycles. The minimum Gasteiger partial charge on any atom is -0.327 e. The van der Waals surface area contributed by atoms with E-state index in [4.69, 9.17) is 5.73 Å². The first-order valence-corrected chi connectivity index (χ1v) is 7.72. The molecule has 2 aliphatic rings. The van der Waals surface area contributed by atoms with Gasteiger partial charge in [-0.25, -0.2) is 0 Å². The van der Waals surface area contributed by atoms with Crippen LogP contribution in [-0.2, 0) is 4.79 Å². The predicted molar refractivity (Wildman–Crippen MR) is 88.7 cm³/mol. The van der Waals surface area contributed by atoms with Gasteiger partial charge in [-0.3, -0.25) is 4.79 Å². The molecular weight excluding hydrogens is 284 g/mol. The van der Waals surface area contributed by atoms with Gasteiger partial charge in [-0.1, -0.05) is 26.0 Å².